The number of imide groups is 1. The fourth-order valence-corrected chi connectivity index (χ4v) is 4.36. The summed E-state index contributed by atoms with van der Waals surface area (Å²) in [5.41, 5.74) is 0.819. The SMILES string of the molecule is CCOc1ccc(/C=C2/SC(=O)N(CC(=O)N3CCOCC3)C2=O)c2ccccc12. The van der Waals surface area contributed by atoms with Gasteiger partial charge in [0.15, 0.2) is 0 Å². The molecule has 2 saturated heterocycles. The molecule has 4 rings (SSSR count). The van der Waals surface area contributed by atoms with Gasteiger partial charge < -0.3 is 14.4 Å². The highest BCUT2D eigenvalue weighted by Crippen LogP contribution is 2.35. The van der Waals surface area contributed by atoms with Crippen LogP contribution in [0.3, 0.4) is 0 Å². The van der Waals surface area contributed by atoms with Gasteiger partial charge in [0.2, 0.25) is 5.91 Å². The summed E-state index contributed by atoms with van der Waals surface area (Å²) in [5, 5.41) is 1.44. The largest absolute Gasteiger partial charge is 0.493 e. The first-order chi connectivity index (χ1) is 14.6. The molecule has 2 aliphatic heterocycles. The van der Waals surface area contributed by atoms with E-state index in [1.54, 1.807) is 11.0 Å². The minimum Gasteiger partial charge on any atom is -0.493 e. The first-order valence-electron chi connectivity index (χ1n) is 9.84. The molecular weight excluding hydrogens is 404 g/mol. The van der Waals surface area contributed by atoms with E-state index >= 15 is 0 Å². The number of carbonyl (C=O) groups is 3. The quantitative estimate of drug-likeness (QED) is 0.684. The van der Waals surface area contributed by atoms with E-state index in [4.69, 9.17) is 9.47 Å². The van der Waals surface area contributed by atoms with Gasteiger partial charge in [-0.3, -0.25) is 19.3 Å². The van der Waals surface area contributed by atoms with Crippen molar-refractivity contribution in [3.8, 4) is 5.75 Å². The van der Waals surface area contributed by atoms with Gasteiger partial charge in [0.1, 0.15) is 12.3 Å². The molecule has 0 N–H and O–H groups in total. The molecule has 0 saturated carbocycles. The van der Waals surface area contributed by atoms with Crippen LogP contribution in [-0.2, 0) is 14.3 Å². The number of hydrogen-bond acceptors (Lipinski definition) is 6. The van der Waals surface area contributed by atoms with E-state index in [1.165, 1.54) is 0 Å². The smallest absolute Gasteiger partial charge is 0.294 e. The third-order valence-corrected chi connectivity index (χ3v) is 5.94. The van der Waals surface area contributed by atoms with Gasteiger partial charge in [-0.05, 0) is 41.8 Å². The first kappa shape index (κ1) is 20.4. The van der Waals surface area contributed by atoms with Crippen molar-refractivity contribution in [1.29, 1.82) is 0 Å². The molecule has 2 aromatic carbocycles. The molecule has 0 radical (unpaired) electrons. The molecule has 30 heavy (non-hydrogen) atoms. The van der Waals surface area contributed by atoms with E-state index in [9.17, 15) is 14.4 Å². The second-order valence-corrected chi connectivity index (χ2v) is 7.89. The summed E-state index contributed by atoms with van der Waals surface area (Å²) in [4.78, 5) is 40.7. The monoisotopic (exact) mass is 426 g/mol. The van der Waals surface area contributed by atoms with Gasteiger partial charge in [0, 0.05) is 18.5 Å². The molecule has 8 heteroatoms. The third-order valence-electron chi connectivity index (χ3n) is 5.03. The number of thioether (sulfide) groups is 1. The maximum Gasteiger partial charge on any atom is 0.294 e. The molecule has 3 amide bonds. The van der Waals surface area contributed by atoms with Crippen LogP contribution in [0.5, 0.6) is 5.75 Å². The normalized spacial score (nSPS) is 18.5. The highest BCUT2D eigenvalue weighted by Gasteiger charge is 2.37. The summed E-state index contributed by atoms with van der Waals surface area (Å²) in [6.45, 7) is 4.13. The Labute approximate surface area is 178 Å². The van der Waals surface area contributed by atoms with Gasteiger partial charge in [-0.2, -0.15) is 0 Å². The van der Waals surface area contributed by atoms with E-state index in [1.807, 2.05) is 43.3 Å². The Hall–Kier alpha value is -2.84. The zero-order valence-electron chi connectivity index (χ0n) is 16.6. The summed E-state index contributed by atoms with van der Waals surface area (Å²) >= 11 is 0.860. The Bertz CT molecular complexity index is 1030. The molecule has 2 fully saturated rings. The van der Waals surface area contributed by atoms with Crippen molar-refractivity contribution in [2.75, 3.05) is 39.5 Å². The van der Waals surface area contributed by atoms with Crippen LogP contribution in [0.15, 0.2) is 41.3 Å². The van der Waals surface area contributed by atoms with Crippen molar-refractivity contribution in [1.82, 2.24) is 9.80 Å². The maximum absolute atomic E-state index is 12.8. The van der Waals surface area contributed by atoms with E-state index < -0.39 is 11.1 Å². The fraction of sp³-hybridized carbons (Fsp3) is 0.318. The number of hydrogen-bond donors (Lipinski definition) is 0. The highest BCUT2D eigenvalue weighted by molar-refractivity contribution is 8.18. The number of amides is 3. The number of morpholine rings is 1. The molecular formula is C22H22N2O5S. The molecule has 0 bridgehead atoms. The van der Waals surface area contributed by atoms with Crippen LogP contribution in [-0.4, -0.2) is 66.3 Å². The van der Waals surface area contributed by atoms with Crippen LogP contribution in [0, 0.1) is 0 Å². The lowest BCUT2D eigenvalue weighted by molar-refractivity contribution is -0.139. The van der Waals surface area contributed by atoms with E-state index in [0.29, 0.717) is 37.8 Å². The average molecular weight is 426 g/mol. The predicted molar refractivity (Wildman–Crippen MR) is 115 cm³/mol. The molecule has 0 aliphatic carbocycles. The Balaban J connectivity index is 1.58. The van der Waals surface area contributed by atoms with Crippen LogP contribution in [0.2, 0.25) is 0 Å². The second kappa shape index (κ2) is 8.89. The van der Waals surface area contributed by atoms with Gasteiger partial charge in [-0.1, -0.05) is 30.3 Å². The summed E-state index contributed by atoms with van der Waals surface area (Å²) < 4.78 is 10.9. The van der Waals surface area contributed by atoms with Gasteiger partial charge in [0.05, 0.1) is 24.7 Å². The third kappa shape index (κ3) is 4.06. The summed E-state index contributed by atoms with van der Waals surface area (Å²) in [5.74, 6) is 0.0902. The maximum atomic E-state index is 12.8. The molecule has 0 unspecified atom stereocenters. The number of benzene rings is 2. The van der Waals surface area contributed by atoms with E-state index in [2.05, 4.69) is 0 Å². The van der Waals surface area contributed by atoms with Crippen molar-refractivity contribution in [3.05, 3.63) is 46.9 Å². The number of ether oxygens (including phenoxy) is 2. The van der Waals surface area contributed by atoms with Crippen LogP contribution < -0.4 is 4.74 Å². The predicted octanol–water partition coefficient (Wildman–Crippen LogP) is 3.13. The molecule has 2 aliphatic rings. The number of nitrogens with zero attached hydrogens (tertiary/aromatic N) is 2. The lowest BCUT2D eigenvalue weighted by Crippen LogP contribution is -2.46. The lowest BCUT2D eigenvalue weighted by atomic mass is 10.0. The van der Waals surface area contributed by atoms with Crippen LogP contribution in [0.1, 0.15) is 12.5 Å². The summed E-state index contributed by atoms with van der Waals surface area (Å²) in [7, 11) is 0. The Kier molecular flexibility index (Phi) is 6.06. The van der Waals surface area contributed by atoms with E-state index in [0.717, 1.165) is 38.7 Å². The van der Waals surface area contributed by atoms with Crippen molar-refractivity contribution < 1.29 is 23.9 Å². The molecule has 156 valence electrons. The van der Waals surface area contributed by atoms with Gasteiger partial charge in [0.25, 0.3) is 11.1 Å². The van der Waals surface area contributed by atoms with Crippen molar-refractivity contribution in [2.24, 2.45) is 0 Å². The van der Waals surface area contributed by atoms with Crippen LogP contribution >= 0.6 is 11.8 Å². The van der Waals surface area contributed by atoms with Gasteiger partial charge in [-0.25, -0.2) is 0 Å². The molecule has 2 aromatic rings. The van der Waals surface area contributed by atoms with Crippen molar-refractivity contribution in [2.45, 2.75) is 6.92 Å². The molecule has 7 nitrogen and oxygen atoms in total. The average Bonchev–Trinajstić information content (AvgIpc) is 3.03. The standard InChI is InChI=1S/C22H22N2O5S/c1-2-29-18-8-7-15(16-5-3-4-6-17(16)18)13-19-21(26)24(22(27)30-19)14-20(25)23-9-11-28-12-10-23/h3-8,13H,2,9-12,14H2,1H3/b19-13+. The van der Waals surface area contributed by atoms with Crippen molar-refractivity contribution in [3.63, 3.8) is 0 Å². The second-order valence-electron chi connectivity index (χ2n) is 6.89. The van der Waals surface area contributed by atoms with Crippen LogP contribution in [0.4, 0.5) is 4.79 Å². The number of carbonyl (C=O) groups excluding carboxylic acids is 3. The molecule has 0 atom stereocenters. The number of rotatable bonds is 5. The van der Waals surface area contributed by atoms with Crippen molar-refractivity contribution >= 4 is 45.7 Å². The minimum atomic E-state index is -0.440. The summed E-state index contributed by atoms with van der Waals surface area (Å²) in [6.07, 6.45) is 1.71. The molecule has 0 spiro atoms. The molecule has 0 aromatic heterocycles. The van der Waals surface area contributed by atoms with E-state index in [-0.39, 0.29) is 12.5 Å². The minimum absolute atomic E-state index is 0.242. The number of fused-ring (bicyclic) bond motifs is 1. The Morgan fingerprint density at radius 3 is 2.60 bits per heavy atom. The zero-order chi connectivity index (χ0) is 21.1. The Morgan fingerprint density at radius 1 is 1.13 bits per heavy atom. The lowest BCUT2D eigenvalue weighted by Gasteiger charge is -2.28. The zero-order valence-corrected chi connectivity index (χ0v) is 17.4. The van der Waals surface area contributed by atoms with Gasteiger partial charge in [-0.15, -0.1) is 0 Å². The molecule has 2 heterocycles. The Morgan fingerprint density at radius 2 is 1.87 bits per heavy atom. The summed E-state index contributed by atoms with van der Waals surface area (Å²) in [6, 6.07) is 11.5. The van der Waals surface area contributed by atoms with Crippen LogP contribution in [0.25, 0.3) is 16.8 Å². The fourth-order valence-electron chi connectivity index (χ4n) is 3.53. The van der Waals surface area contributed by atoms with Gasteiger partial charge >= 0.3 is 0 Å². The highest BCUT2D eigenvalue weighted by atomic mass is 32.2. The first-order valence-corrected chi connectivity index (χ1v) is 10.7. The topological polar surface area (TPSA) is 76.2 Å².